The maximum Gasteiger partial charge on any atom is 0.416 e. The standard InChI is InChI=1S/C35H73N2O5P.C3H8O3/c1-5-8-10-12-14-16-18-19-21-23-25-27-32(4)34(38)30-29-33(35(39)31-37(36-7-3)43(40,41)42)28-26-24-22-20-17-15-13-11-9-6-2;4-1-3(6)2-5/h32-33,35-36,39H,5-31H2,1-4H3,(H2,40,41,42);3-6H,1-2H2. The van der Waals surface area contributed by atoms with E-state index < -0.39 is 20.0 Å². The van der Waals surface area contributed by atoms with Crippen molar-refractivity contribution in [2.24, 2.45) is 11.8 Å². The molecule has 0 bridgehead atoms. The van der Waals surface area contributed by atoms with Gasteiger partial charge in [0.2, 0.25) is 0 Å². The molecule has 7 N–H and O–H groups in total. The number of carbonyl (C=O) groups excluding carboxylic acids is 1. The first kappa shape index (κ1) is 50.7. The fourth-order valence-electron chi connectivity index (χ4n) is 6.10. The van der Waals surface area contributed by atoms with Crippen LogP contribution in [-0.2, 0) is 9.36 Å². The van der Waals surface area contributed by atoms with Crippen LogP contribution in [0.15, 0.2) is 0 Å². The number of Topliss-reactive ketones (excluding diaryl/α,β-unsaturated/α-hetero) is 1. The summed E-state index contributed by atoms with van der Waals surface area (Å²) in [4.78, 5) is 32.4. The number of carbonyl (C=O) groups is 1. The molecule has 0 aromatic carbocycles. The highest BCUT2D eigenvalue weighted by Crippen LogP contribution is 2.39. The SMILES string of the molecule is CCCCCCCCCCCCCC(C)C(=O)CCC(CCCCCCCCCCCC)C(O)CN(NCC)P(=O)(O)O.OCC(O)CO. The lowest BCUT2D eigenvalue weighted by Crippen LogP contribution is -2.42. The van der Waals surface area contributed by atoms with Crippen molar-refractivity contribution < 1.29 is 39.6 Å². The molecule has 0 aromatic heterocycles. The summed E-state index contributed by atoms with van der Waals surface area (Å²) in [6.45, 7) is 7.78. The Kier molecular flexibility index (Phi) is 37.2. The first-order valence-corrected chi connectivity index (χ1v) is 21.7. The van der Waals surface area contributed by atoms with Crippen LogP contribution < -0.4 is 5.43 Å². The molecule has 49 heavy (non-hydrogen) atoms. The first-order valence-electron chi connectivity index (χ1n) is 20.2. The second-order valence-corrected chi connectivity index (χ2v) is 15.7. The van der Waals surface area contributed by atoms with Gasteiger partial charge in [-0.3, -0.25) is 4.79 Å². The summed E-state index contributed by atoms with van der Waals surface area (Å²) < 4.78 is 12.8. The number of hydrogen-bond donors (Lipinski definition) is 7. The van der Waals surface area contributed by atoms with Gasteiger partial charge >= 0.3 is 7.75 Å². The Morgan fingerprint density at radius 3 is 1.37 bits per heavy atom. The highest BCUT2D eigenvalue weighted by molar-refractivity contribution is 7.49. The van der Waals surface area contributed by atoms with Gasteiger partial charge in [0.25, 0.3) is 0 Å². The van der Waals surface area contributed by atoms with Crippen LogP contribution in [-0.4, -0.2) is 79.3 Å². The largest absolute Gasteiger partial charge is 0.416 e. The molecule has 3 atom stereocenters. The zero-order valence-corrected chi connectivity index (χ0v) is 33.1. The molecule has 0 aliphatic rings. The van der Waals surface area contributed by atoms with Crippen LogP contribution in [0.25, 0.3) is 0 Å². The molecule has 0 spiro atoms. The number of aliphatic hydroxyl groups is 4. The second-order valence-electron chi connectivity index (χ2n) is 14.2. The van der Waals surface area contributed by atoms with E-state index in [0.717, 1.165) is 36.9 Å². The first-order chi connectivity index (χ1) is 23.5. The number of nitrogens with one attached hydrogen (secondary N) is 1. The molecule has 0 aromatic rings. The predicted octanol–water partition coefficient (Wildman–Crippen LogP) is 8.21. The summed E-state index contributed by atoms with van der Waals surface area (Å²) in [5.41, 5.74) is 2.70. The van der Waals surface area contributed by atoms with E-state index in [1.54, 1.807) is 6.92 Å². The molecule has 0 saturated heterocycles. The lowest BCUT2D eigenvalue weighted by Gasteiger charge is -2.30. The number of hydrogen-bond acceptors (Lipinski definition) is 7. The highest BCUT2D eigenvalue weighted by atomic mass is 31.2. The molecule has 11 heteroatoms. The number of nitrogens with zero attached hydrogens (tertiary/aromatic N) is 1. The van der Waals surface area contributed by atoms with Gasteiger partial charge in [0.05, 0.1) is 25.9 Å². The monoisotopic (exact) mass is 725 g/mol. The van der Waals surface area contributed by atoms with Gasteiger partial charge in [-0.15, -0.1) is 4.78 Å². The van der Waals surface area contributed by atoms with Crippen LogP contribution >= 0.6 is 7.75 Å². The van der Waals surface area contributed by atoms with Gasteiger partial charge in [0, 0.05) is 18.9 Å². The molecule has 0 radical (unpaired) electrons. The molecule has 296 valence electrons. The fourth-order valence-corrected chi connectivity index (χ4v) is 6.81. The van der Waals surface area contributed by atoms with Crippen molar-refractivity contribution in [2.45, 2.75) is 200 Å². The average molecular weight is 725 g/mol. The van der Waals surface area contributed by atoms with Gasteiger partial charge in [0.15, 0.2) is 0 Å². The Morgan fingerprint density at radius 2 is 1.02 bits per heavy atom. The predicted molar refractivity (Wildman–Crippen MR) is 203 cm³/mol. The Morgan fingerprint density at radius 1 is 0.633 bits per heavy atom. The highest BCUT2D eigenvalue weighted by Gasteiger charge is 2.30. The zero-order chi connectivity index (χ0) is 37.2. The molecule has 0 fully saturated rings. The van der Waals surface area contributed by atoms with Crippen LogP contribution in [0.4, 0.5) is 0 Å². The summed E-state index contributed by atoms with van der Waals surface area (Å²) in [6, 6.07) is 0. The maximum absolute atomic E-state index is 13.0. The fraction of sp³-hybridized carbons (Fsp3) is 0.974. The van der Waals surface area contributed by atoms with E-state index in [-0.39, 0.29) is 37.4 Å². The average Bonchev–Trinajstić information content (AvgIpc) is 3.08. The van der Waals surface area contributed by atoms with Crippen LogP contribution in [0.2, 0.25) is 0 Å². The molecule has 10 nitrogen and oxygen atoms in total. The number of unbranched alkanes of at least 4 members (excludes halogenated alkanes) is 19. The van der Waals surface area contributed by atoms with Crippen LogP contribution in [0.1, 0.15) is 188 Å². The van der Waals surface area contributed by atoms with Crippen LogP contribution in [0.3, 0.4) is 0 Å². The summed E-state index contributed by atoms with van der Waals surface area (Å²) in [6.07, 6.45) is 27.5. The molecule has 0 saturated carbocycles. The Labute approximate surface area is 301 Å². The molecule has 3 unspecified atom stereocenters. The van der Waals surface area contributed by atoms with Crippen molar-refractivity contribution in [3.05, 3.63) is 0 Å². The third-order valence-corrected chi connectivity index (χ3v) is 10.4. The van der Waals surface area contributed by atoms with Crippen molar-refractivity contribution in [2.75, 3.05) is 26.3 Å². The summed E-state index contributed by atoms with van der Waals surface area (Å²) in [5, 5.41) is 35.1. The molecule has 0 amide bonds. The Balaban J connectivity index is 0. The van der Waals surface area contributed by atoms with Gasteiger partial charge in [-0.1, -0.05) is 163 Å². The topological polar surface area (TPSA) is 171 Å². The molecular formula is C38H81N2O8P. The second kappa shape index (κ2) is 36.0. The Bertz CT molecular complexity index is 753. The van der Waals surface area contributed by atoms with Crippen molar-refractivity contribution in [3.8, 4) is 0 Å². The minimum atomic E-state index is -4.53. The van der Waals surface area contributed by atoms with E-state index in [2.05, 4.69) is 19.3 Å². The van der Waals surface area contributed by atoms with Gasteiger partial charge in [-0.05, 0) is 25.2 Å². The number of aliphatic hydroxyl groups excluding tert-OH is 4. The van der Waals surface area contributed by atoms with E-state index in [4.69, 9.17) is 15.3 Å². The van der Waals surface area contributed by atoms with Crippen molar-refractivity contribution in [3.63, 3.8) is 0 Å². The molecule has 0 aliphatic carbocycles. The lowest BCUT2D eigenvalue weighted by molar-refractivity contribution is -0.123. The summed E-state index contributed by atoms with van der Waals surface area (Å²) >= 11 is 0. The lowest BCUT2D eigenvalue weighted by atomic mass is 9.87. The van der Waals surface area contributed by atoms with E-state index in [9.17, 15) is 24.3 Å². The minimum Gasteiger partial charge on any atom is -0.394 e. The number of rotatable bonds is 35. The third kappa shape index (κ3) is 33.2. The zero-order valence-electron chi connectivity index (χ0n) is 32.2. The van der Waals surface area contributed by atoms with Gasteiger partial charge < -0.3 is 30.2 Å². The van der Waals surface area contributed by atoms with Crippen LogP contribution in [0, 0.1) is 11.8 Å². The molecule has 0 rings (SSSR count). The van der Waals surface area contributed by atoms with E-state index >= 15 is 0 Å². The van der Waals surface area contributed by atoms with Crippen molar-refractivity contribution >= 4 is 13.5 Å². The van der Waals surface area contributed by atoms with Gasteiger partial charge in [-0.25, -0.2) is 9.99 Å². The molecule has 0 heterocycles. The minimum absolute atomic E-state index is 0.0297. The summed E-state index contributed by atoms with van der Waals surface area (Å²) in [5.74, 6) is 0.132. The Hall–Kier alpha value is -0.420. The summed E-state index contributed by atoms with van der Waals surface area (Å²) in [7, 11) is -4.53. The van der Waals surface area contributed by atoms with Crippen LogP contribution in [0.5, 0.6) is 0 Å². The molecular weight excluding hydrogens is 643 g/mol. The van der Waals surface area contributed by atoms with Gasteiger partial charge in [0.1, 0.15) is 11.9 Å². The van der Waals surface area contributed by atoms with Crippen molar-refractivity contribution in [1.82, 2.24) is 10.2 Å². The van der Waals surface area contributed by atoms with Gasteiger partial charge in [-0.2, -0.15) is 0 Å². The van der Waals surface area contributed by atoms with E-state index in [1.807, 2.05) is 6.92 Å². The quantitative estimate of drug-likeness (QED) is 0.0192. The normalized spacial score (nSPS) is 13.8. The number of ketones is 1. The third-order valence-electron chi connectivity index (χ3n) is 9.46. The number of hydrazine groups is 1. The molecule has 0 aliphatic heterocycles. The smallest absolute Gasteiger partial charge is 0.394 e. The maximum atomic E-state index is 13.0. The van der Waals surface area contributed by atoms with E-state index in [1.165, 1.54) is 116 Å². The van der Waals surface area contributed by atoms with Crippen molar-refractivity contribution in [1.29, 1.82) is 0 Å². The van der Waals surface area contributed by atoms with E-state index in [0.29, 0.717) is 19.4 Å².